The lowest BCUT2D eigenvalue weighted by molar-refractivity contribution is -0.142. The second-order valence-corrected chi connectivity index (χ2v) is 14.5. The Morgan fingerprint density at radius 2 is 1.76 bits per heavy atom. The number of likely N-dealkylation sites (tertiary alicyclic amines) is 1. The minimum absolute atomic E-state index is 0.00463. The van der Waals surface area contributed by atoms with Crippen LogP contribution in [0.5, 0.6) is 0 Å². The van der Waals surface area contributed by atoms with Gasteiger partial charge in [0.05, 0.1) is 29.5 Å². The predicted molar refractivity (Wildman–Crippen MR) is 192 cm³/mol. The monoisotopic (exact) mass is 748 g/mol. The molecule has 2 fully saturated rings. The van der Waals surface area contributed by atoms with Crippen molar-refractivity contribution >= 4 is 46.4 Å². The van der Waals surface area contributed by atoms with Crippen molar-refractivity contribution in [2.45, 2.75) is 108 Å². The molecule has 5 rings (SSSR count). The van der Waals surface area contributed by atoms with Crippen molar-refractivity contribution in [3.05, 3.63) is 48.2 Å². The van der Waals surface area contributed by atoms with Gasteiger partial charge in [-0.2, -0.15) is 0 Å². The number of aliphatic hydroxyl groups is 1. The summed E-state index contributed by atoms with van der Waals surface area (Å²) in [5.74, 6) is -4.01. The standard InChI is InChI=1S/C36H48N10O8/c1-36(2,54)28-19-41-44-46(28)22-18-27(32(49)42-25(30(47)31(37)48)12-6-7-14-40-35(52)53)45(20-22)34(51)26(17-21-9-4-3-5-10-21)43-33(50)29-23-11-8-15-38-24(23)13-16-39-29/h8,11,13,15-16,19,21-22,25-27,40,54H,3-7,9-10,12,14,17-18,20H2,1-2H3,(H2,37,48)(H,42,49)(H,43,50)(H,52,53)/t22-,25?,26+,27-/m0/s1. The topological polar surface area (TPSA) is 265 Å². The molecule has 5 amide bonds. The lowest BCUT2D eigenvalue weighted by Crippen LogP contribution is -2.56. The molecule has 18 nitrogen and oxygen atoms in total. The molecule has 0 bridgehead atoms. The molecule has 1 aliphatic heterocycles. The molecular weight excluding hydrogens is 700 g/mol. The number of Topliss-reactive ketones (excluding diaryl/α,β-unsaturated/α-hetero) is 1. The number of carbonyl (C=O) groups is 6. The number of primary amides is 1. The lowest BCUT2D eigenvalue weighted by atomic mass is 9.84. The number of ketones is 1. The summed E-state index contributed by atoms with van der Waals surface area (Å²) in [7, 11) is 0. The van der Waals surface area contributed by atoms with E-state index in [1.54, 1.807) is 38.2 Å². The summed E-state index contributed by atoms with van der Waals surface area (Å²) in [5, 5.41) is 36.2. The predicted octanol–water partition coefficient (Wildman–Crippen LogP) is 1.34. The van der Waals surface area contributed by atoms with Gasteiger partial charge in [-0.1, -0.05) is 37.3 Å². The fourth-order valence-electron chi connectivity index (χ4n) is 7.40. The molecule has 0 radical (unpaired) electrons. The first kappa shape index (κ1) is 39.7. The minimum atomic E-state index is -1.37. The molecule has 2 aliphatic rings. The Morgan fingerprint density at radius 3 is 2.46 bits per heavy atom. The van der Waals surface area contributed by atoms with Crippen molar-refractivity contribution in [1.82, 2.24) is 45.8 Å². The van der Waals surface area contributed by atoms with Gasteiger partial charge in [0, 0.05) is 37.3 Å². The average molecular weight is 749 g/mol. The number of amides is 5. The number of aromatic nitrogens is 5. The van der Waals surface area contributed by atoms with E-state index >= 15 is 0 Å². The van der Waals surface area contributed by atoms with E-state index in [2.05, 4.69) is 36.2 Å². The Labute approximate surface area is 311 Å². The molecule has 3 aromatic heterocycles. The Bertz CT molecular complexity index is 1850. The van der Waals surface area contributed by atoms with Crippen LogP contribution in [-0.2, 0) is 24.8 Å². The quantitative estimate of drug-likeness (QED) is 0.0896. The van der Waals surface area contributed by atoms with E-state index in [-0.39, 0.29) is 44.0 Å². The zero-order chi connectivity index (χ0) is 39.0. The molecular formula is C36H48N10O8. The number of fused-ring (bicyclic) bond motifs is 1. The summed E-state index contributed by atoms with van der Waals surface area (Å²) in [6, 6.07) is 0.865. The number of hydrogen-bond donors (Lipinski definition) is 6. The number of hydrogen-bond acceptors (Lipinski definition) is 11. The highest BCUT2D eigenvalue weighted by Crippen LogP contribution is 2.33. The molecule has 3 aromatic rings. The van der Waals surface area contributed by atoms with Crippen LogP contribution >= 0.6 is 0 Å². The summed E-state index contributed by atoms with van der Waals surface area (Å²) >= 11 is 0. The van der Waals surface area contributed by atoms with Gasteiger partial charge in [-0.3, -0.25) is 33.9 Å². The van der Waals surface area contributed by atoms with Gasteiger partial charge in [0.2, 0.25) is 17.6 Å². The van der Waals surface area contributed by atoms with Crippen LogP contribution in [0.4, 0.5) is 4.79 Å². The molecule has 7 N–H and O–H groups in total. The van der Waals surface area contributed by atoms with Gasteiger partial charge in [-0.05, 0) is 63.6 Å². The first-order valence-corrected chi connectivity index (χ1v) is 18.3. The van der Waals surface area contributed by atoms with E-state index in [0.717, 1.165) is 32.1 Å². The maximum absolute atomic E-state index is 14.8. The second kappa shape index (κ2) is 17.5. The van der Waals surface area contributed by atoms with Crippen LogP contribution in [0.3, 0.4) is 0 Å². The number of nitrogens with zero attached hydrogens (tertiary/aromatic N) is 6. The van der Waals surface area contributed by atoms with E-state index in [1.165, 1.54) is 22.0 Å². The maximum atomic E-state index is 14.8. The molecule has 290 valence electrons. The molecule has 54 heavy (non-hydrogen) atoms. The summed E-state index contributed by atoms with van der Waals surface area (Å²) in [4.78, 5) is 88.5. The van der Waals surface area contributed by atoms with Crippen LogP contribution in [0, 0.1) is 5.92 Å². The number of pyridine rings is 2. The molecule has 0 spiro atoms. The number of carboxylic acid groups (broad SMARTS) is 1. The van der Waals surface area contributed by atoms with Gasteiger partial charge in [0.25, 0.3) is 11.8 Å². The highest BCUT2D eigenvalue weighted by Gasteiger charge is 2.45. The number of nitrogens with one attached hydrogen (secondary N) is 3. The normalized spacial score (nSPS) is 18.8. The molecule has 4 heterocycles. The van der Waals surface area contributed by atoms with Crippen molar-refractivity contribution in [3.8, 4) is 0 Å². The van der Waals surface area contributed by atoms with Crippen molar-refractivity contribution in [2.75, 3.05) is 13.1 Å². The van der Waals surface area contributed by atoms with Gasteiger partial charge in [-0.15, -0.1) is 5.10 Å². The molecule has 4 atom stereocenters. The minimum Gasteiger partial charge on any atom is -0.465 e. The van der Waals surface area contributed by atoms with Gasteiger partial charge in [0.15, 0.2) is 0 Å². The second-order valence-electron chi connectivity index (χ2n) is 14.5. The average Bonchev–Trinajstić information content (AvgIpc) is 3.82. The lowest BCUT2D eigenvalue weighted by Gasteiger charge is -2.32. The molecule has 1 saturated carbocycles. The Hall–Kier alpha value is -5.52. The SMILES string of the molecule is CC(C)(O)c1cnnn1[C@H]1C[C@@H](C(=O)NC(CCCCNC(=O)O)C(=O)C(N)=O)N(C(=O)[C@@H](CC2CCCCC2)NC(=O)c2nccc3ncccc23)C1. The number of rotatable bonds is 16. The number of unbranched alkanes of at least 4 members (excludes halogenated alkanes) is 1. The zero-order valence-electron chi connectivity index (χ0n) is 30.4. The van der Waals surface area contributed by atoms with Crippen LogP contribution in [0.1, 0.15) is 100 Å². The van der Waals surface area contributed by atoms with Gasteiger partial charge >= 0.3 is 6.09 Å². The van der Waals surface area contributed by atoms with Crippen LogP contribution < -0.4 is 21.7 Å². The molecule has 1 aliphatic carbocycles. The summed E-state index contributed by atoms with van der Waals surface area (Å²) < 4.78 is 1.47. The van der Waals surface area contributed by atoms with Crippen molar-refractivity contribution in [2.24, 2.45) is 11.7 Å². The van der Waals surface area contributed by atoms with Crippen LogP contribution in [0.2, 0.25) is 0 Å². The van der Waals surface area contributed by atoms with Gasteiger partial charge in [-0.25, -0.2) is 9.48 Å². The summed E-state index contributed by atoms with van der Waals surface area (Å²) in [6.45, 7) is 3.16. The molecule has 0 aromatic carbocycles. The Kier molecular flexibility index (Phi) is 12.9. The summed E-state index contributed by atoms with van der Waals surface area (Å²) in [5.41, 5.74) is 4.96. The van der Waals surface area contributed by atoms with E-state index in [9.17, 15) is 33.9 Å². The van der Waals surface area contributed by atoms with Crippen molar-refractivity contribution < 1.29 is 39.0 Å². The smallest absolute Gasteiger partial charge is 0.404 e. The third-order valence-electron chi connectivity index (χ3n) is 10.1. The highest BCUT2D eigenvalue weighted by atomic mass is 16.4. The number of nitrogens with two attached hydrogens (primary N) is 1. The van der Waals surface area contributed by atoms with Crippen molar-refractivity contribution in [1.29, 1.82) is 0 Å². The Morgan fingerprint density at radius 1 is 1.00 bits per heavy atom. The van der Waals surface area contributed by atoms with E-state index in [4.69, 9.17) is 10.8 Å². The highest BCUT2D eigenvalue weighted by molar-refractivity contribution is 6.37. The van der Waals surface area contributed by atoms with Gasteiger partial charge in [0.1, 0.15) is 23.4 Å². The summed E-state index contributed by atoms with van der Waals surface area (Å²) in [6.07, 6.45) is 8.94. The fourth-order valence-corrected chi connectivity index (χ4v) is 7.40. The van der Waals surface area contributed by atoms with Gasteiger partial charge < -0.3 is 36.8 Å². The molecule has 18 heteroatoms. The molecule has 1 saturated heterocycles. The van der Waals surface area contributed by atoms with Crippen LogP contribution in [0.15, 0.2) is 36.8 Å². The third-order valence-corrected chi connectivity index (χ3v) is 10.1. The molecule has 1 unspecified atom stereocenters. The van der Waals surface area contributed by atoms with E-state index in [1.807, 2.05) is 0 Å². The third kappa shape index (κ3) is 9.71. The largest absolute Gasteiger partial charge is 0.465 e. The van der Waals surface area contributed by atoms with Crippen LogP contribution in [-0.4, -0.2) is 107 Å². The fraction of sp³-hybridized carbons (Fsp3) is 0.556. The first-order chi connectivity index (χ1) is 25.7. The maximum Gasteiger partial charge on any atom is 0.404 e. The van der Waals surface area contributed by atoms with Crippen molar-refractivity contribution in [3.63, 3.8) is 0 Å². The zero-order valence-corrected chi connectivity index (χ0v) is 30.4. The van der Waals surface area contributed by atoms with Crippen LogP contribution in [0.25, 0.3) is 10.9 Å². The first-order valence-electron chi connectivity index (χ1n) is 18.3. The van der Waals surface area contributed by atoms with E-state index in [0.29, 0.717) is 29.4 Å². The Balaban J connectivity index is 1.45. The van der Waals surface area contributed by atoms with E-state index < -0.39 is 65.3 Å². The number of carbonyl (C=O) groups excluding carboxylic acids is 5.